The summed E-state index contributed by atoms with van der Waals surface area (Å²) >= 11 is 0. The summed E-state index contributed by atoms with van der Waals surface area (Å²) in [5.41, 5.74) is 2.91. The molecule has 1 aliphatic rings. The number of aromatic nitrogens is 2. The van der Waals surface area contributed by atoms with Gasteiger partial charge in [0.1, 0.15) is 18.1 Å². The first kappa shape index (κ1) is 18.6. The van der Waals surface area contributed by atoms with Crippen LogP contribution in [0.2, 0.25) is 0 Å². The van der Waals surface area contributed by atoms with E-state index in [0.717, 1.165) is 11.9 Å². The second kappa shape index (κ2) is 8.06. The molecule has 3 aromatic rings. The van der Waals surface area contributed by atoms with Crippen molar-refractivity contribution in [2.45, 2.75) is 6.04 Å². The molecule has 0 bridgehead atoms. The lowest BCUT2D eigenvalue weighted by molar-refractivity contribution is -0.107. The summed E-state index contributed by atoms with van der Waals surface area (Å²) < 4.78 is 20.0. The SMILES string of the molecule is COc1ccccc1N1C=C(c2ccccn2)C=C(c2cccnc2F)C1C=O. The molecule has 29 heavy (non-hydrogen) atoms. The number of rotatable bonds is 5. The third-order valence-electron chi connectivity index (χ3n) is 4.73. The highest BCUT2D eigenvalue weighted by atomic mass is 19.1. The molecule has 5 nitrogen and oxygen atoms in total. The second-order valence-electron chi connectivity index (χ2n) is 6.40. The van der Waals surface area contributed by atoms with Crippen molar-refractivity contribution in [3.63, 3.8) is 0 Å². The smallest absolute Gasteiger partial charge is 0.220 e. The number of ether oxygens (including phenoxy) is 1. The molecule has 1 atom stereocenters. The molecule has 6 heteroatoms. The summed E-state index contributed by atoms with van der Waals surface area (Å²) in [4.78, 5) is 22.1. The van der Waals surface area contributed by atoms with E-state index in [0.29, 0.717) is 22.7 Å². The Balaban J connectivity index is 1.93. The Bertz CT molecular complexity index is 1100. The topological polar surface area (TPSA) is 55.3 Å². The zero-order chi connectivity index (χ0) is 20.2. The van der Waals surface area contributed by atoms with Gasteiger partial charge in [0.05, 0.1) is 18.5 Å². The number of nitrogens with zero attached hydrogens (tertiary/aromatic N) is 3. The molecule has 0 spiro atoms. The van der Waals surface area contributed by atoms with Crippen LogP contribution >= 0.6 is 0 Å². The third kappa shape index (κ3) is 3.52. The van der Waals surface area contributed by atoms with E-state index in [1.807, 2.05) is 48.7 Å². The number of benzene rings is 1. The number of hydrogen-bond acceptors (Lipinski definition) is 5. The fraction of sp³-hybridized carbons (Fsp3) is 0.0870. The van der Waals surface area contributed by atoms with Crippen LogP contribution in [0.4, 0.5) is 10.1 Å². The Morgan fingerprint density at radius 3 is 2.55 bits per heavy atom. The van der Waals surface area contributed by atoms with Gasteiger partial charge in [0.2, 0.25) is 5.95 Å². The van der Waals surface area contributed by atoms with Gasteiger partial charge in [0.15, 0.2) is 0 Å². The predicted octanol–water partition coefficient (Wildman–Crippen LogP) is 4.14. The molecule has 0 saturated carbocycles. The van der Waals surface area contributed by atoms with Crippen molar-refractivity contribution in [3.05, 3.63) is 96.5 Å². The van der Waals surface area contributed by atoms with E-state index < -0.39 is 12.0 Å². The molecular formula is C23H18FN3O2. The maximum atomic E-state index is 14.5. The first-order valence-electron chi connectivity index (χ1n) is 9.05. The van der Waals surface area contributed by atoms with E-state index in [-0.39, 0.29) is 5.56 Å². The van der Waals surface area contributed by atoms with Crippen molar-refractivity contribution < 1.29 is 13.9 Å². The number of halogens is 1. The summed E-state index contributed by atoms with van der Waals surface area (Å²) in [6.45, 7) is 0. The minimum atomic E-state index is -0.752. The molecule has 0 amide bonds. The van der Waals surface area contributed by atoms with Gasteiger partial charge in [0.25, 0.3) is 0 Å². The molecule has 3 heterocycles. The van der Waals surface area contributed by atoms with E-state index in [1.54, 1.807) is 36.4 Å². The van der Waals surface area contributed by atoms with Crippen LogP contribution in [0.3, 0.4) is 0 Å². The van der Waals surface area contributed by atoms with Gasteiger partial charge in [-0.1, -0.05) is 18.2 Å². The summed E-state index contributed by atoms with van der Waals surface area (Å²) in [5, 5.41) is 0. The molecule has 0 aliphatic carbocycles. The number of anilines is 1. The first-order valence-corrected chi connectivity index (χ1v) is 9.05. The minimum Gasteiger partial charge on any atom is -0.495 e. The number of methoxy groups -OCH3 is 1. The van der Waals surface area contributed by atoms with E-state index in [2.05, 4.69) is 9.97 Å². The minimum absolute atomic E-state index is 0.269. The fourth-order valence-corrected chi connectivity index (χ4v) is 3.38. The standard InChI is InChI=1S/C23H18FN3O2/c1-29-22-10-3-2-9-20(22)27-14-16(19-8-4-5-11-25-19)13-18(21(27)15-28)17-7-6-12-26-23(17)24/h2-15,21H,1H3. The molecule has 0 N–H and O–H groups in total. The van der Waals surface area contributed by atoms with Gasteiger partial charge in [-0.15, -0.1) is 0 Å². The van der Waals surface area contributed by atoms with E-state index >= 15 is 0 Å². The van der Waals surface area contributed by atoms with Crippen molar-refractivity contribution in [1.82, 2.24) is 9.97 Å². The monoisotopic (exact) mass is 387 g/mol. The van der Waals surface area contributed by atoms with Crippen molar-refractivity contribution in [3.8, 4) is 5.75 Å². The van der Waals surface area contributed by atoms with Crippen LogP contribution in [0, 0.1) is 5.95 Å². The molecule has 0 radical (unpaired) electrons. The zero-order valence-electron chi connectivity index (χ0n) is 15.7. The zero-order valence-corrected chi connectivity index (χ0v) is 15.7. The molecule has 144 valence electrons. The molecule has 4 rings (SSSR count). The molecular weight excluding hydrogens is 369 g/mol. The van der Waals surface area contributed by atoms with Gasteiger partial charge >= 0.3 is 0 Å². The number of para-hydroxylation sites is 2. The van der Waals surface area contributed by atoms with E-state index in [1.165, 1.54) is 6.20 Å². The molecule has 0 fully saturated rings. The Kier molecular flexibility index (Phi) is 5.16. The largest absolute Gasteiger partial charge is 0.495 e. The maximum Gasteiger partial charge on any atom is 0.220 e. The highest BCUT2D eigenvalue weighted by molar-refractivity contribution is 5.98. The van der Waals surface area contributed by atoms with Gasteiger partial charge in [-0.3, -0.25) is 4.98 Å². The van der Waals surface area contributed by atoms with E-state index in [4.69, 9.17) is 4.74 Å². The van der Waals surface area contributed by atoms with Gasteiger partial charge < -0.3 is 14.4 Å². The first-order chi connectivity index (χ1) is 14.2. The Morgan fingerprint density at radius 2 is 1.83 bits per heavy atom. The van der Waals surface area contributed by atoms with Crippen LogP contribution in [-0.2, 0) is 4.79 Å². The van der Waals surface area contributed by atoms with Crippen molar-refractivity contribution in [1.29, 1.82) is 0 Å². The average Bonchev–Trinajstić information content (AvgIpc) is 2.79. The van der Waals surface area contributed by atoms with Gasteiger partial charge in [-0.25, -0.2) is 4.98 Å². The predicted molar refractivity (Wildman–Crippen MR) is 110 cm³/mol. The number of carbonyl (C=O) groups excluding carboxylic acids is 1. The molecule has 1 aromatic carbocycles. The number of hydrogen-bond donors (Lipinski definition) is 0. The summed E-state index contributed by atoms with van der Waals surface area (Å²) in [6.07, 6.45) is 7.47. The summed E-state index contributed by atoms with van der Waals surface area (Å²) in [6, 6.07) is 15.4. The number of carbonyl (C=O) groups is 1. The highest BCUT2D eigenvalue weighted by Gasteiger charge is 2.30. The average molecular weight is 387 g/mol. The number of allylic oxidation sites excluding steroid dienone is 2. The van der Waals surface area contributed by atoms with Crippen molar-refractivity contribution in [2.24, 2.45) is 0 Å². The molecule has 1 unspecified atom stereocenters. The molecule has 1 aliphatic heterocycles. The summed E-state index contributed by atoms with van der Waals surface area (Å²) in [7, 11) is 1.57. The van der Waals surface area contributed by atoms with E-state index in [9.17, 15) is 9.18 Å². The lowest BCUT2D eigenvalue weighted by atomic mass is 9.92. The van der Waals surface area contributed by atoms with Crippen LogP contribution in [0.25, 0.3) is 11.1 Å². The van der Waals surface area contributed by atoms with Crippen LogP contribution in [0.15, 0.2) is 79.3 Å². The molecule has 2 aromatic heterocycles. The Morgan fingerprint density at radius 1 is 1.03 bits per heavy atom. The normalized spacial score (nSPS) is 16.1. The fourth-order valence-electron chi connectivity index (χ4n) is 3.38. The van der Waals surface area contributed by atoms with Crippen LogP contribution < -0.4 is 9.64 Å². The van der Waals surface area contributed by atoms with Crippen LogP contribution in [-0.4, -0.2) is 29.4 Å². The van der Waals surface area contributed by atoms with Gasteiger partial charge in [-0.05, 0) is 48.0 Å². The summed E-state index contributed by atoms with van der Waals surface area (Å²) in [5.74, 6) is -0.0308. The number of pyridine rings is 2. The van der Waals surface area contributed by atoms with Crippen molar-refractivity contribution in [2.75, 3.05) is 12.0 Å². The van der Waals surface area contributed by atoms with Gasteiger partial charge in [-0.2, -0.15) is 4.39 Å². The third-order valence-corrected chi connectivity index (χ3v) is 4.73. The van der Waals surface area contributed by atoms with Gasteiger partial charge in [0, 0.05) is 29.7 Å². The number of aldehydes is 1. The second-order valence-corrected chi connectivity index (χ2v) is 6.40. The molecule has 0 saturated heterocycles. The highest BCUT2D eigenvalue weighted by Crippen LogP contribution is 2.38. The van der Waals surface area contributed by atoms with Crippen LogP contribution in [0.5, 0.6) is 5.75 Å². The van der Waals surface area contributed by atoms with Crippen LogP contribution in [0.1, 0.15) is 11.3 Å². The lowest BCUT2D eigenvalue weighted by Crippen LogP contribution is -2.36. The Labute approximate surface area is 167 Å². The Hall–Kier alpha value is -3.80. The van der Waals surface area contributed by atoms with Crippen molar-refractivity contribution >= 4 is 23.1 Å². The maximum absolute atomic E-state index is 14.5. The lowest BCUT2D eigenvalue weighted by Gasteiger charge is -2.33. The quantitative estimate of drug-likeness (QED) is 0.487.